The van der Waals surface area contributed by atoms with Gasteiger partial charge in [0.25, 0.3) is 0 Å². The van der Waals surface area contributed by atoms with E-state index in [2.05, 4.69) is 4.98 Å². The van der Waals surface area contributed by atoms with E-state index in [9.17, 15) is 9.59 Å². The number of methoxy groups -OCH3 is 1. The van der Waals surface area contributed by atoms with E-state index in [0.29, 0.717) is 16.5 Å². The molecule has 1 heterocycles. The van der Waals surface area contributed by atoms with Crippen molar-refractivity contribution in [2.75, 3.05) is 7.11 Å². The summed E-state index contributed by atoms with van der Waals surface area (Å²) in [4.78, 5) is 26.4. The fourth-order valence-electron chi connectivity index (χ4n) is 1.83. The Morgan fingerprint density at radius 3 is 2.35 bits per heavy atom. The van der Waals surface area contributed by atoms with Gasteiger partial charge in [-0.1, -0.05) is 0 Å². The van der Waals surface area contributed by atoms with Crippen molar-refractivity contribution in [3.05, 3.63) is 24.5 Å². The molecule has 1 aromatic heterocycles. The first-order valence-corrected chi connectivity index (χ1v) is 5.84. The highest BCUT2D eigenvalue weighted by Crippen LogP contribution is 2.41. The Bertz CT molecular complexity index is 681. The van der Waals surface area contributed by atoms with E-state index < -0.39 is 11.9 Å². The molecule has 0 unspecified atom stereocenters. The summed E-state index contributed by atoms with van der Waals surface area (Å²) >= 11 is 0. The van der Waals surface area contributed by atoms with Gasteiger partial charge < -0.3 is 14.2 Å². The molecule has 0 atom stereocenters. The summed E-state index contributed by atoms with van der Waals surface area (Å²) in [5.74, 6) is -0.259. The molecule has 0 aliphatic carbocycles. The zero-order chi connectivity index (χ0) is 14.7. The van der Waals surface area contributed by atoms with Gasteiger partial charge in [0.15, 0.2) is 11.5 Å². The molecule has 0 radical (unpaired) electrons. The molecule has 0 N–H and O–H groups in total. The van der Waals surface area contributed by atoms with Crippen LogP contribution in [0.25, 0.3) is 10.8 Å². The lowest BCUT2D eigenvalue weighted by molar-refractivity contribution is -0.134. The molecule has 0 fully saturated rings. The zero-order valence-electron chi connectivity index (χ0n) is 11.3. The van der Waals surface area contributed by atoms with Crippen molar-refractivity contribution in [2.45, 2.75) is 13.8 Å². The first-order chi connectivity index (χ1) is 9.52. The molecule has 0 saturated carbocycles. The Kier molecular flexibility index (Phi) is 3.84. The second-order valence-electron chi connectivity index (χ2n) is 4.01. The number of benzene rings is 1. The van der Waals surface area contributed by atoms with E-state index in [-0.39, 0.29) is 11.5 Å². The Morgan fingerprint density at radius 1 is 1.05 bits per heavy atom. The van der Waals surface area contributed by atoms with Gasteiger partial charge in [0, 0.05) is 43.1 Å². The number of rotatable bonds is 3. The van der Waals surface area contributed by atoms with Crippen LogP contribution in [0.3, 0.4) is 0 Å². The third kappa shape index (κ3) is 2.69. The van der Waals surface area contributed by atoms with E-state index in [4.69, 9.17) is 14.2 Å². The summed E-state index contributed by atoms with van der Waals surface area (Å²) < 4.78 is 15.5. The minimum Gasteiger partial charge on any atom is -0.496 e. The molecular formula is C14H13NO5. The molecule has 2 rings (SSSR count). The van der Waals surface area contributed by atoms with Gasteiger partial charge >= 0.3 is 11.9 Å². The van der Waals surface area contributed by atoms with Crippen LogP contribution in [0.4, 0.5) is 0 Å². The molecule has 2 aromatic rings. The van der Waals surface area contributed by atoms with Gasteiger partial charge in [-0.2, -0.15) is 0 Å². The van der Waals surface area contributed by atoms with Crippen LogP contribution >= 0.6 is 0 Å². The molecule has 1 aromatic carbocycles. The summed E-state index contributed by atoms with van der Waals surface area (Å²) in [5.41, 5.74) is 0. The fourth-order valence-corrected chi connectivity index (χ4v) is 1.83. The van der Waals surface area contributed by atoms with Gasteiger partial charge in [-0.15, -0.1) is 0 Å². The van der Waals surface area contributed by atoms with Crippen molar-refractivity contribution in [1.82, 2.24) is 4.98 Å². The summed E-state index contributed by atoms with van der Waals surface area (Å²) in [6.45, 7) is 2.54. The number of ether oxygens (including phenoxy) is 3. The average molecular weight is 275 g/mol. The fraction of sp³-hybridized carbons (Fsp3) is 0.214. The number of fused-ring (bicyclic) bond motifs is 1. The van der Waals surface area contributed by atoms with E-state index in [0.717, 1.165) is 0 Å². The normalized spacial score (nSPS) is 10.2. The first kappa shape index (κ1) is 13.8. The minimum absolute atomic E-state index is 0.128. The number of pyridine rings is 1. The predicted molar refractivity (Wildman–Crippen MR) is 70.9 cm³/mol. The van der Waals surface area contributed by atoms with Gasteiger partial charge in [-0.3, -0.25) is 14.6 Å². The summed E-state index contributed by atoms with van der Waals surface area (Å²) in [6, 6.07) is 3.15. The molecule has 0 aliphatic heterocycles. The minimum atomic E-state index is -0.520. The lowest BCUT2D eigenvalue weighted by Crippen LogP contribution is -2.08. The maximum Gasteiger partial charge on any atom is 0.308 e. The molecule has 0 amide bonds. The average Bonchev–Trinajstić information content (AvgIpc) is 2.40. The van der Waals surface area contributed by atoms with Crippen molar-refractivity contribution in [2.24, 2.45) is 0 Å². The molecule has 0 saturated heterocycles. The Balaban J connectivity index is 2.74. The molecular weight excluding hydrogens is 262 g/mol. The summed E-state index contributed by atoms with van der Waals surface area (Å²) in [5, 5.41) is 1.23. The summed E-state index contributed by atoms with van der Waals surface area (Å²) in [6.07, 6.45) is 3.13. The van der Waals surface area contributed by atoms with Crippen LogP contribution in [0.5, 0.6) is 17.2 Å². The maximum atomic E-state index is 11.2. The standard InChI is InChI=1S/C14H13NO5/c1-8(16)19-13-6-12(18-3)11-7-15-5-4-10(11)14(13)20-9(2)17/h4-7H,1-3H3. The van der Waals surface area contributed by atoms with Crippen LogP contribution in [0, 0.1) is 0 Å². The van der Waals surface area contributed by atoms with Crippen molar-refractivity contribution in [3.8, 4) is 17.2 Å². The van der Waals surface area contributed by atoms with Gasteiger partial charge in [0.2, 0.25) is 0 Å². The lowest BCUT2D eigenvalue weighted by atomic mass is 10.1. The number of nitrogens with zero attached hydrogens (tertiary/aromatic N) is 1. The van der Waals surface area contributed by atoms with Crippen LogP contribution in [0.2, 0.25) is 0 Å². The summed E-state index contributed by atoms with van der Waals surface area (Å²) in [7, 11) is 1.49. The first-order valence-electron chi connectivity index (χ1n) is 5.84. The van der Waals surface area contributed by atoms with Gasteiger partial charge in [-0.05, 0) is 6.07 Å². The SMILES string of the molecule is COc1cc(OC(C)=O)c(OC(C)=O)c2ccncc12. The van der Waals surface area contributed by atoms with E-state index >= 15 is 0 Å². The van der Waals surface area contributed by atoms with Crippen LogP contribution in [0.1, 0.15) is 13.8 Å². The molecule has 104 valence electrons. The van der Waals surface area contributed by atoms with Gasteiger partial charge in [0.05, 0.1) is 7.11 Å². The predicted octanol–water partition coefficient (Wildman–Crippen LogP) is 2.09. The number of esters is 2. The zero-order valence-corrected chi connectivity index (χ0v) is 11.3. The molecule has 0 aliphatic rings. The highest BCUT2D eigenvalue weighted by molar-refractivity contribution is 5.97. The third-order valence-corrected chi connectivity index (χ3v) is 2.54. The molecule has 6 heteroatoms. The second-order valence-corrected chi connectivity index (χ2v) is 4.01. The monoisotopic (exact) mass is 275 g/mol. The topological polar surface area (TPSA) is 74.7 Å². The quantitative estimate of drug-likeness (QED) is 0.630. The van der Waals surface area contributed by atoms with Crippen molar-refractivity contribution >= 4 is 22.7 Å². The Hall–Kier alpha value is -2.63. The molecule has 20 heavy (non-hydrogen) atoms. The molecule has 6 nitrogen and oxygen atoms in total. The number of hydrogen-bond acceptors (Lipinski definition) is 6. The number of aromatic nitrogens is 1. The number of hydrogen-bond donors (Lipinski definition) is 0. The highest BCUT2D eigenvalue weighted by atomic mass is 16.6. The largest absolute Gasteiger partial charge is 0.496 e. The van der Waals surface area contributed by atoms with Crippen molar-refractivity contribution in [1.29, 1.82) is 0 Å². The van der Waals surface area contributed by atoms with Crippen molar-refractivity contribution in [3.63, 3.8) is 0 Å². The number of carbonyl (C=O) groups is 2. The van der Waals surface area contributed by atoms with Crippen LogP contribution in [0.15, 0.2) is 24.5 Å². The number of carbonyl (C=O) groups excluding carboxylic acids is 2. The van der Waals surface area contributed by atoms with Crippen LogP contribution < -0.4 is 14.2 Å². The van der Waals surface area contributed by atoms with Crippen LogP contribution in [-0.4, -0.2) is 24.0 Å². The van der Waals surface area contributed by atoms with E-state index in [1.54, 1.807) is 18.5 Å². The Labute approximate surface area is 115 Å². The lowest BCUT2D eigenvalue weighted by Gasteiger charge is -2.14. The second kappa shape index (κ2) is 5.56. The maximum absolute atomic E-state index is 11.2. The molecule has 0 spiro atoms. The van der Waals surface area contributed by atoms with Crippen molar-refractivity contribution < 1.29 is 23.8 Å². The van der Waals surface area contributed by atoms with Gasteiger partial charge in [0.1, 0.15) is 5.75 Å². The smallest absolute Gasteiger partial charge is 0.308 e. The van der Waals surface area contributed by atoms with E-state index in [1.807, 2.05) is 0 Å². The highest BCUT2D eigenvalue weighted by Gasteiger charge is 2.18. The van der Waals surface area contributed by atoms with Gasteiger partial charge in [-0.25, -0.2) is 0 Å². The van der Waals surface area contributed by atoms with E-state index in [1.165, 1.54) is 27.0 Å². The van der Waals surface area contributed by atoms with Crippen LogP contribution in [-0.2, 0) is 9.59 Å². The molecule has 0 bridgehead atoms. The Morgan fingerprint density at radius 2 is 1.75 bits per heavy atom. The third-order valence-electron chi connectivity index (χ3n) is 2.54.